The highest BCUT2D eigenvalue weighted by atomic mass is 16.2. The number of hydrogen-bond donors (Lipinski definition) is 1. The topological polar surface area (TPSA) is 94.1 Å². The van der Waals surface area contributed by atoms with Gasteiger partial charge in [0.25, 0.3) is 5.91 Å². The molecule has 2 N–H and O–H groups in total. The second-order valence-electron chi connectivity index (χ2n) is 6.00. The molecule has 0 spiro atoms. The maximum absolute atomic E-state index is 12.3. The van der Waals surface area contributed by atoms with Crippen molar-refractivity contribution < 1.29 is 9.59 Å². The summed E-state index contributed by atoms with van der Waals surface area (Å²) in [4.78, 5) is 26.0. The molecule has 1 aromatic rings. The molecule has 2 amide bonds. The molecule has 2 aliphatic rings. The maximum Gasteiger partial charge on any atom is 0.276 e. The minimum Gasteiger partial charge on any atom is -0.368 e. The van der Waals surface area contributed by atoms with Crippen LogP contribution >= 0.6 is 0 Å². The van der Waals surface area contributed by atoms with E-state index in [-0.39, 0.29) is 11.8 Å². The Morgan fingerprint density at radius 1 is 1.10 bits per heavy atom. The number of nitrogens with zero attached hydrogens (tertiary/aromatic N) is 4. The van der Waals surface area contributed by atoms with Crippen molar-refractivity contribution in [2.75, 3.05) is 13.1 Å². The van der Waals surface area contributed by atoms with Crippen molar-refractivity contribution in [1.29, 1.82) is 0 Å². The first kappa shape index (κ1) is 14.0. The Morgan fingerprint density at radius 2 is 1.76 bits per heavy atom. The van der Waals surface area contributed by atoms with Crippen molar-refractivity contribution in [3.63, 3.8) is 0 Å². The van der Waals surface area contributed by atoms with Crippen molar-refractivity contribution in [2.45, 2.75) is 50.5 Å². The number of nitrogens with two attached hydrogens (primary N) is 1. The molecule has 0 aromatic carbocycles. The zero-order valence-electron chi connectivity index (χ0n) is 12.1. The first-order valence-corrected chi connectivity index (χ1v) is 7.65. The second kappa shape index (κ2) is 5.46. The van der Waals surface area contributed by atoms with Crippen LogP contribution < -0.4 is 5.73 Å². The molecule has 2 heterocycles. The fourth-order valence-corrected chi connectivity index (χ4v) is 3.38. The van der Waals surface area contributed by atoms with Crippen molar-refractivity contribution in [1.82, 2.24) is 19.9 Å². The molecule has 1 aliphatic carbocycles. The second-order valence-corrected chi connectivity index (χ2v) is 6.00. The Morgan fingerprint density at radius 3 is 2.38 bits per heavy atom. The average Bonchev–Trinajstić information content (AvgIpc) is 3.19. The molecule has 2 fully saturated rings. The van der Waals surface area contributed by atoms with Gasteiger partial charge in [0.2, 0.25) is 5.91 Å². The average molecular weight is 291 g/mol. The molecular weight excluding hydrogens is 270 g/mol. The Bertz CT molecular complexity index is 541. The minimum atomic E-state index is -0.811. The van der Waals surface area contributed by atoms with Gasteiger partial charge in [0, 0.05) is 13.1 Å². The van der Waals surface area contributed by atoms with E-state index in [1.54, 1.807) is 11.1 Å². The van der Waals surface area contributed by atoms with E-state index in [1.807, 2.05) is 0 Å². The van der Waals surface area contributed by atoms with Crippen molar-refractivity contribution >= 4 is 11.8 Å². The number of hydrogen-bond acceptors (Lipinski definition) is 4. The number of carbonyl (C=O) groups is 2. The summed E-state index contributed by atoms with van der Waals surface area (Å²) in [5.41, 5.74) is 5.12. The molecular formula is C14H21N5O2. The molecule has 0 unspecified atom stereocenters. The number of carbonyl (C=O) groups excluding carboxylic acids is 2. The number of primary amides is 1. The number of rotatable bonds is 3. The van der Waals surface area contributed by atoms with Crippen LogP contribution in [0.3, 0.4) is 0 Å². The molecule has 1 aromatic heterocycles. The lowest BCUT2D eigenvalue weighted by Gasteiger charge is -2.33. The van der Waals surface area contributed by atoms with Crippen molar-refractivity contribution in [3.8, 4) is 0 Å². The van der Waals surface area contributed by atoms with Crippen LogP contribution in [0.4, 0.5) is 0 Å². The van der Waals surface area contributed by atoms with Crippen LogP contribution in [0.25, 0.3) is 0 Å². The van der Waals surface area contributed by atoms with E-state index in [2.05, 4.69) is 10.3 Å². The number of amides is 2. The van der Waals surface area contributed by atoms with E-state index in [1.165, 1.54) is 4.68 Å². The fourth-order valence-electron chi connectivity index (χ4n) is 3.38. The van der Waals surface area contributed by atoms with Gasteiger partial charge in [0.05, 0.1) is 6.20 Å². The Labute approximate surface area is 123 Å². The highest BCUT2D eigenvalue weighted by Gasteiger charge is 2.41. The summed E-state index contributed by atoms with van der Waals surface area (Å²) in [6.45, 7) is 1.54. The molecule has 0 radical (unpaired) electrons. The quantitative estimate of drug-likeness (QED) is 0.885. The molecule has 7 nitrogen and oxygen atoms in total. The Balaban J connectivity index is 1.85. The van der Waals surface area contributed by atoms with Crippen LogP contribution in [0, 0.1) is 0 Å². The summed E-state index contributed by atoms with van der Waals surface area (Å²) in [7, 11) is 0. The fraction of sp³-hybridized carbons (Fsp3) is 0.714. The third-order valence-electron chi connectivity index (χ3n) is 4.68. The standard InChI is InChI=1S/C14H21N5O2/c15-13(21)14(6-2-1-3-7-14)19-10-11(16-17-19)12(20)18-8-4-5-9-18/h10H,1-9H2,(H2,15,21). The molecule has 21 heavy (non-hydrogen) atoms. The third-order valence-corrected chi connectivity index (χ3v) is 4.68. The molecule has 1 saturated carbocycles. The third kappa shape index (κ3) is 2.41. The van der Waals surface area contributed by atoms with Gasteiger partial charge < -0.3 is 10.6 Å². The number of likely N-dealkylation sites (tertiary alicyclic amines) is 1. The highest BCUT2D eigenvalue weighted by molar-refractivity contribution is 5.92. The summed E-state index contributed by atoms with van der Waals surface area (Å²) < 4.78 is 1.53. The SMILES string of the molecule is NC(=O)C1(n2cc(C(=O)N3CCCC3)nn2)CCCCC1. The van der Waals surface area contributed by atoms with Crippen LogP contribution in [-0.2, 0) is 10.3 Å². The predicted molar refractivity (Wildman–Crippen MR) is 75.4 cm³/mol. The molecule has 0 bridgehead atoms. The lowest BCUT2D eigenvalue weighted by Crippen LogP contribution is -2.48. The molecule has 1 aliphatic heterocycles. The van der Waals surface area contributed by atoms with E-state index in [9.17, 15) is 9.59 Å². The van der Waals surface area contributed by atoms with E-state index in [0.29, 0.717) is 18.5 Å². The lowest BCUT2D eigenvalue weighted by molar-refractivity contribution is -0.129. The highest BCUT2D eigenvalue weighted by Crippen LogP contribution is 2.34. The van der Waals surface area contributed by atoms with Crippen LogP contribution in [-0.4, -0.2) is 44.8 Å². The normalized spacial score (nSPS) is 21.4. The Hall–Kier alpha value is -1.92. The van der Waals surface area contributed by atoms with Gasteiger partial charge in [-0.2, -0.15) is 0 Å². The summed E-state index contributed by atoms with van der Waals surface area (Å²) in [6.07, 6.45) is 7.98. The zero-order chi connectivity index (χ0) is 14.9. The summed E-state index contributed by atoms with van der Waals surface area (Å²) in [6, 6.07) is 0. The van der Waals surface area contributed by atoms with Gasteiger partial charge >= 0.3 is 0 Å². The van der Waals surface area contributed by atoms with Gasteiger partial charge in [-0.25, -0.2) is 4.68 Å². The zero-order valence-corrected chi connectivity index (χ0v) is 12.1. The van der Waals surface area contributed by atoms with Gasteiger partial charge in [-0.1, -0.05) is 24.5 Å². The first-order valence-electron chi connectivity index (χ1n) is 7.65. The molecule has 3 rings (SSSR count). The van der Waals surface area contributed by atoms with Crippen molar-refractivity contribution in [2.24, 2.45) is 5.73 Å². The molecule has 1 saturated heterocycles. The predicted octanol–water partition coefficient (Wildman–Crippen LogP) is 0.659. The van der Waals surface area contributed by atoms with E-state index in [4.69, 9.17) is 5.73 Å². The lowest BCUT2D eigenvalue weighted by atomic mass is 9.81. The first-order chi connectivity index (χ1) is 10.1. The Kier molecular flexibility index (Phi) is 3.65. The van der Waals surface area contributed by atoms with Crippen LogP contribution in [0.2, 0.25) is 0 Å². The number of aromatic nitrogens is 3. The van der Waals surface area contributed by atoms with Gasteiger partial charge in [-0.3, -0.25) is 9.59 Å². The molecule has 114 valence electrons. The van der Waals surface area contributed by atoms with Crippen LogP contribution in [0.5, 0.6) is 0 Å². The smallest absolute Gasteiger partial charge is 0.276 e. The maximum atomic E-state index is 12.3. The largest absolute Gasteiger partial charge is 0.368 e. The van der Waals surface area contributed by atoms with E-state index < -0.39 is 5.54 Å². The van der Waals surface area contributed by atoms with Gasteiger partial charge in [-0.15, -0.1) is 5.10 Å². The van der Waals surface area contributed by atoms with Gasteiger partial charge in [0.15, 0.2) is 5.69 Å². The van der Waals surface area contributed by atoms with Crippen LogP contribution in [0.1, 0.15) is 55.4 Å². The van der Waals surface area contributed by atoms with E-state index >= 15 is 0 Å². The molecule has 7 heteroatoms. The van der Waals surface area contributed by atoms with E-state index in [0.717, 1.165) is 45.2 Å². The molecule has 0 atom stereocenters. The van der Waals surface area contributed by atoms with Gasteiger partial charge in [0.1, 0.15) is 5.54 Å². The summed E-state index contributed by atoms with van der Waals surface area (Å²) in [5.74, 6) is -0.485. The van der Waals surface area contributed by atoms with Crippen LogP contribution in [0.15, 0.2) is 6.20 Å². The summed E-state index contributed by atoms with van der Waals surface area (Å²) in [5, 5.41) is 8.02. The van der Waals surface area contributed by atoms with Crippen molar-refractivity contribution in [3.05, 3.63) is 11.9 Å². The summed E-state index contributed by atoms with van der Waals surface area (Å²) >= 11 is 0. The van der Waals surface area contributed by atoms with Gasteiger partial charge in [-0.05, 0) is 25.7 Å². The monoisotopic (exact) mass is 291 g/mol. The minimum absolute atomic E-state index is 0.103.